The molecule has 0 spiro atoms. The van der Waals surface area contributed by atoms with Gasteiger partial charge in [-0.15, -0.1) is 0 Å². The van der Waals surface area contributed by atoms with Crippen LogP contribution in [0.15, 0.2) is 30.3 Å². The van der Waals surface area contributed by atoms with Gasteiger partial charge in [-0.3, -0.25) is 4.79 Å². The minimum atomic E-state index is -0.123. The second-order valence-corrected chi connectivity index (χ2v) is 5.17. The molecule has 0 radical (unpaired) electrons. The predicted molar refractivity (Wildman–Crippen MR) is 69.2 cm³/mol. The molecule has 3 rings (SSSR count). The van der Waals surface area contributed by atoms with Crippen LogP contribution in [0.25, 0.3) is 0 Å². The van der Waals surface area contributed by atoms with Gasteiger partial charge in [0.25, 0.3) is 5.91 Å². The van der Waals surface area contributed by atoms with Gasteiger partial charge in [-0.2, -0.15) is 0 Å². The van der Waals surface area contributed by atoms with Crippen molar-refractivity contribution in [2.75, 3.05) is 13.2 Å². The number of ether oxygens (including phenoxy) is 1. The third-order valence-corrected chi connectivity index (χ3v) is 3.88. The number of epoxide rings is 1. The quantitative estimate of drug-likeness (QED) is 0.760. The molecule has 18 heavy (non-hydrogen) atoms. The largest absolute Gasteiger partial charge is 0.363 e. The van der Waals surface area contributed by atoms with E-state index in [0.29, 0.717) is 12.6 Å². The van der Waals surface area contributed by atoms with E-state index in [4.69, 9.17) is 4.74 Å². The minimum absolute atomic E-state index is 0.123. The molecule has 2 unspecified atom stereocenters. The highest BCUT2D eigenvalue weighted by Crippen LogP contribution is 2.25. The Bertz CT molecular complexity index is 414. The van der Waals surface area contributed by atoms with Crippen LogP contribution in [0, 0.1) is 0 Å². The van der Waals surface area contributed by atoms with Crippen LogP contribution in [0.2, 0.25) is 0 Å². The van der Waals surface area contributed by atoms with Gasteiger partial charge in [0, 0.05) is 12.6 Å². The van der Waals surface area contributed by atoms with Gasteiger partial charge in [-0.25, -0.2) is 0 Å². The fourth-order valence-electron chi connectivity index (χ4n) is 2.78. The summed E-state index contributed by atoms with van der Waals surface area (Å²) in [5.41, 5.74) is 1.36. The summed E-state index contributed by atoms with van der Waals surface area (Å²) < 4.78 is 5.10. The highest BCUT2D eigenvalue weighted by molar-refractivity contribution is 5.83. The monoisotopic (exact) mass is 245 g/mol. The summed E-state index contributed by atoms with van der Waals surface area (Å²) in [6.45, 7) is 1.54. The molecule has 2 aliphatic heterocycles. The van der Waals surface area contributed by atoms with Crippen molar-refractivity contribution < 1.29 is 9.53 Å². The Labute approximate surface area is 108 Å². The summed E-state index contributed by atoms with van der Waals surface area (Å²) in [6, 6.07) is 10.9. The Morgan fingerprint density at radius 1 is 1.33 bits per heavy atom. The van der Waals surface area contributed by atoms with Gasteiger partial charge in [-0.1, -0.05) is 30.3 Å². The van der Waals surface area contributed by atoms with Crippen LogP contribution in [-0.2, 0) is 16.0 Å². The SMILES string of the molecule is O=C(C1CO1)N1CCCC1CCc1ccccc1. The molecule has 0 bridgehead atoms. The summed E-state index contributed by atoms with van der Waals surface area (Å²) in [4.78, 5) is 14.1. The molecule has 96 valence electrons. The van der Waals surface area contributed by atoms with Crippen molar-refractivity contribution in [1.82, 2.24) is 4.90 Å². The summed E-state index contributed by atoms with van der Waals surface area (Å²) in [5, 5.41) is 0. The van der Waals surface area contributed by atoms with Gasteiger partial charge >= 0.3 is 0 Å². The maximum Gasteiger partial charge on any atom is 0.254 e. The zero-order valence-corrected chi connectivity index (χ0v) is 10.5. The molecule has 1 amide bonds. The molecule has 3 nitrogen and oxygen atoms in total. The zero-order valence-electron chi connectivity index (χ0n) is 10.5. The van der Waals surface area contributed by atoms with Crippen molar-refractivity contribution in [1.29, 1.82) is 0 Å². The number of hydrogen-bond acceptors (Lipinski definition) is 2. The van der Waals surface area contributed by atoms with E-state index in [-0.39, 0.29) is 12.0 Å². The fraction of sp³-hybridized carbons (Fsp3) is 0.533. The number of likely N-dealkylation sites (tertiary alicyclic amines) is 1. The first-order chi connectivity index (χ1) is 8.84. The van der Waals surface area contributed by atoms with Crippen LogP contribution in [0.4, 0.5) is 0 Å². The van der Waals surface area contributed by atoms with Gasteiger partial charge in [0.05, 0.1) is 6.61 Å². The Morgan fingerprint density at radius 2 is 2.11 bits per heavy atom. The Balaban J connectivity index is 1.56. The molecular formula is C15H19NO2. The normalized spacial score (nSPS) is 26.3. The zero-order chi connectivity index (χ0) is 12.4. The van der Waals surface area contributed by atoms with Gasteiger partial charge in [-0.05, 0) is 31.2 Å². The van der Waals surface area contributed by atoms with Gasteiger partial charge < -0.3 is 9.64 Å². The lowest BCUT2D eigenvalue weighted by atomic mass is 10.0. The van der Waals surface area contributed by atoms with E-state index in [9.17, 15) is 4.79 Å². The maximum absolute atomic E-state index is 12.0. The highest BCUT2D eigenvalue weighted by Gasteiger charge is 2.39. The number of amides is 1. The van der Waals surface area contributed by atoms with E-state index in [0.717, 1.165) is 32.2 Å². The average molecular weight is 245 g/mol. The van der Waals surface area contributed by atoms with Crippen molar-refractivity contribution in [2.45, 2.75) is 37.8 Å². The molecule has 2 saturated heterocycles. The van der Waals surface area contributed by atoms with E-state index in [2.05, 4.69) is 24.3 Å². The van der Waals surface area contributed by atoms with Crippen LogP contribution in [0.1, 0.15) is 24.8 Å². The van der Waals surface area contributed by atoms with E-state index >= 15 is 0 Å². The van der Waals surface area contributed by atoms with Crippen LogP contribution in [0.5, 0.6) is 0 Å². The van der Waals surface area contributed by atoms with E-state index < -0.39 is 0 Å². The molecule has 2 fully saturated rings. The number of carbonyl (C=O) groups is 1. The average Bonchev–Trinajstić information content (AvgIpc) is 3.15. The van der Waals surface area contributed by atoms with E-state index in [1.807, 2.05) is 11.0 Å². The Hall–Kier alpha value is -1.35. The minimum Gasteiger partial charge on any atom is -0.363 e. The van der Waals surface area contributed by atoms with Gasteiger partial charge in [0.15, 0.2) is 6.10 Å². The van der Waals surface area contributed by atoms with E-state index in [1.165, 1.54) is 5.56 Å². The number of nitrogens with zero attached hydrogens (tertiary/aromatic N) is 1. The van der Waals surface area contributed by atoms with Crippen molar-refractivity contribution >= 4 is 5.91 Å². The van der Waals surface area contributed by atoms with Crippen molar-refractivity contribution in [3.63, 3.8) is 0 Å². The summed E-state index contributed by atoms with van der Waals surface area (Å²) in [6.07, 6.45) is 4.29. The molecule has 0 N–H and O–H groups in total. The summed E-state index contributed by atoms with van der Waals surface area (Å²) in [5.74, 6) is 0.213. The molecule has 0 saturated carbocycles. The molecule has 1 aromatic carbocycles. The lowest BCUT2D eigenvalue weighted by molar-refractivity contribution is -0.133. The van der Waals surface area contributed by atoms with Crippen LogP contribution >= 0.6 is 0 Å². The molecule has 2 heterocycles. The maximum atomic E-state index is 12.0. The number of carbonyl (C=O) groups excluding carboxylic acids is 1. The van der Waals surface area contributed by atoms with Crippen molar-refractivity contribution in [3.05, 3.63) is 35.9 Å². The molecule has 0 aromatic heterocycles. The van der Waals surface area contributed by atoms with Gasteiger partial charge in [0.1, 0.15) is 0 Å². The number of rotatable bonds is 4. The number of aryl methyl sites for hydroxylation is 1. The van der Waals surface area contributed by atoms with Gasteiger partial charge in [0.2, 0.25) is 0 Å². The Morgan fingerprint density at radius 3 is 2.83 bits per heavy atom. The third-order valence-electron chi connectivity index (χ3n) is 3.88. The lowest BCUT2D eigenvalue weighted by Crippen LogP contribution is -2.38. The highest BCUT2D eigenvalue weighted by atomic mass is 16.6. The molecular weight excluding hydrogens is 226 g/mol. The fourth-order valence-corrected chi connectivity index (χ4v) is 2.78. The van der Waals surface area contributed by atoms with Crippen molar-refractivity contribution in [2.24, 2.45) is 0 Å². The lowest BCUT2D eigenvalue weighted by Gasteiger charge is -2.24. The molecule has 1 aromatic rings. The summed E-state index contributed by atoms with van der Waals surface area (Å²) in [7, 11) is 0. The van der Waals surface area contributed by atoms with Crippen LogP contribution < -0.4 is 0 Å². The van der Waals surface area contributed by atoms with Crippen LogP contribution in [0.3, 0.4) is 0 Å². The van der Waals surface area contributed by atoms with Crippen LogP contribution in [-0.4, -0.2) is 36.1 Å². The topological polar surface area (TPSA) is 32.8 Å². The molecule has 2 aliphatic rings. The third kappa shape index (κ3) is 2.56. The molecule has 3 heteroatoms. The van der Waals surface area contributed by atoms with E-state index in [1.54, 1.807) is 0 Å². The standard InChI is InChI=1S/C15H19NO2/c17-15(14-11-18-14)16-10-4-7-13(16)9-8-12-5-2-1-3-6-12/h1-3,5-6,13-14H,4,7-11H2. The Kier molecular flexibility index (Phi) is 3.33. The molecule has 0 aliphatic carbocycles. The molecule has 2 atom stereocenters. The first-order valence-electron chi connectivity index (χ1n) is 6.80. The first-order valence-corrected chi connectivity index (χ1v) is 6.80. The van der Waals surface area contributed by atoms with Crippen molar-refractivity contribution in [3.8, 4) is 0 Å². The summed E-state index contributed by atoms with van der Waals surface area (Å²) >= 11 is 0. The first kappa shape index (κ1) is 11.7. The smallest absolute Gasteiger partial charge is 0.254 e. The number of benzene rings is 1. The predicted octanol–water partition coefficient (Wildman–Crippen LogP) is 2.01. The second kappa shape index (κ2) is 5.11. The number of hydrogen-bond donors (Lipinski definition) is 0. The second-order valence-electron chi connectivity index (χ2n) is 5.17.